The van der Waals surface area contributed by atoms with Gasteiger partial charge in [0.1, 0.15) is 5.82 Å². The molecule has 2 N–H and O–H groups in total. The highest BCUT2D eigenvalue weighted by Gasteiger charge is 2.20. The van der Waals surface area contributed by atoms with Gasteiger partial charge in [0.2, 0.25) is 0 Å². The van der Waals surface area contributed by atoms with Crippen molar-refractivity contribution in [3.8, 4) is 6.07 Å². The molecule has 0 atom stereocenters. The fourth-order valence-corrected chi connectivity index (χ4v) is 2.57. The second-order valence-corrected chi connectivity index (χ2v) is 6.72. The standard InChI is InChI=1S/C21H25FN4.HI/c1-4-24-20(25-14-17-12-16(13-23)10-11-19(17)22)26-15-21(2,3)18-8-6-5-7-9-18;/h5-12H,4,14-15H2,1-3H3,(H2,24,25,26);1H. The second-order valence-electron chi connectivity index (χ2n) is 6.72. The molecule has 0 amide bonds. The van der Waals surface area contributed by atoms with Crippen molar-refractivity contribution in [2.75, 3.05) is 13.1 Å². The largest absolute Gasteiger partial charge is 0.357 e. The molecule has 2 aromatic rings. The van der Waals surface area contributed by atoms with E-state index < -0.39 is 0 Å². The number of halogens is 2. The number of nitriles is 1. The summed E-state index contributed by atoms with van der Waals surface area (Å²) in [6.45, 7) is 7.87. The first kappa shape index (κ1) is 22.9. The van der Waals surface area contributed by atoms with Crippen molar-refractivity contribution < 1.29 is 4.39 Å². The van der Waals surface area contributed by atoms with Gasteiger partial charge in [0.25, 0.3) is 0 Å². The average Bonchev–Trinajstić information content (AvgIpc) is 2.66. The topological polar surface area (TPSA) is 60.2 Å². The molecule has 0 fully saturated rings. The zero-order chi connectivity index (χ0) is 19.0. The Bertz CT molecular complexity index is 798. The number of hydrogen-bond donors (Lipinski definition) is 2. The molecule has 0 aliphatic rings. The number of rotatable bonds is 6. The molecule has 0 radical (unpaired) electrons. The van der Waals surface area contributed by atoms with Gasteiger partial charge in [-0.25, -0.2) is 9.38 Å². The number of guanidine groups is 1. The molecular weight excluding hydrogens is 454 g/mol. The first-order chi connectivity index (χ1) is 12.5. The Kier molecular flexibility index (Phi) is 9.22. The van der Waals surface area contributed by atoms with Gasteiger partial charge in [0.15, 0.2) is 5.96 Å². The van der Waals surface area contributed by atoms with Gasteiger partial charge in [0, 0.05) is 24.1 Å². The molecule has 0 aliphatic carbocycles. The van der Waals surface area contributed by atoms with Crippen LogP contribution in [0.15, 0.2) is 53.5 Å². The van der Waals surface area contributed by atoms with E-state index in [1.54, 1.807) is 0 Å². The van der Waals surface area contributed by atoms with Crippen LogP contribution < -0.4 is 10.6 Å². The lowest BCUT2D eigenvalue weighted by molar-refractivity contribution is 0.508. The fraction of sp³-hybridized carbons (Fsp3) is 0.333. The first-order valence-corrected chi connectivity index (χ1v) is 8.72. The predicted octanol–water partition coefficient (Wildman–Crippen LogP) is 4.35. The van der Waals surface area contributed by atoms with E-state index in [2.05, 4.69) is 41.6 Å². The van der Waals surface area contributed by atoms with E-state index in [-0.39, 0.29) is 41.8 Å². The van der Waals surface area contributed by atoms with Gasteiger partial charge >= 0.3 is 0 Å². The van der Waals surface area contributed by atoms with Crippen LogP contribution in [0.1, 0.15) is 37.5 Å². The maximum Gasteiger partial charge on any atom is 0.191 e. The quantitative estimate of drug-likeness (QED) is 0.367. The highest BCUT2D eigenvalue weighted by atomic mass is 127. The molecule has 0 unspecified atom stereocenters. The van der Waals surface area contributed by atoms with Gasteiger partial charge in [-0.3, -0.25) is 0 Å². The van der Waals surface area contributed by atoms with Crippen molar-refractivity contribution in [2.24, 2.45) is 4.99 Å². The number of aliphatic imine (C=N–C) groups is 1. The zero-order valence-corrected chi connectivity index (χ0v) is 18.3. The van der Waals surface area contributed by atoms with Crippen molar-refractivity contribution in [1.82, 2.24) is 10.6 Å². The number of hydrogen-bond acceptors (Lipinski definition) is 2. The number of nitrogens with zero attached hydrogens (tertiary/aromatic N) is 2. The summed E-state index contributed by atoms with van der Waals surface area (Å²) in [4.78, 5) is 4.46. The van der Waals surface area contributed by atoms with Crippen LogP contribution in [0.4, 0.5) is 4.39 Å². The van der Waals surface area contributed by atoms with Crippen LogP contribution in [0, 0.1) is 17.1 Å². The van der Waals surface area contributed by atoms with Gasteiger partial charge in [-0.1, -0.05) is 44.2 Å². The van der Waals surface area contributed by atoms with E-state index in [1.165, 1.54) is 23.8 Å². The Labute approximate surface area is 177 Å². The highest BCUT2D eigenvalue weighted by molar-refractivity contribution is 14.0. The fourth-order valence-electron chi connectivity index (χ4n) is 2.57. The lowest BCUT2D eigenvalue weighted by Crippen LogP contribution is -2.43. The summed E-state index contributed by atoms with van der Waals surface area (Å²) < 4.78 is 13.9. The molecule has 0 aromatic heterocycles. The lowest BCUT2D eigenvalue weighted by atomic mass is 9.85. The molecule has 0 aliphatic heterocycles. The summed E-state index contributed by atoms with van der Waals surface area (Å²) >= 11 is 0. The molecule has 0 saturated carbocycles. The summed E-state index contributed by atoms with van der Waals surface area (Å²) in [7, 11) is 0. The minimum atomic E-state index is -0.354. The SMILES string of the molecule is CCNC(=NCc1cc(C#N)ccc1F)NCC(C)(C)c1ccccc1.I. The van der Waals surface area contributed by atoms with Crippen LogP contribution in [0.2, 0.25) is 0 Å². The van der Waals surface area contributed by atoms with Crippen LogP contribution >= 0.6 is 24.0 Å². The van der Waals surface area contributed by atoms with Gasteiger partial charge in [0.05, 0.1) is 18.2 Å². The van der Waals surface area contributed by atoms with Crippen molar-refractivity contribution in [1.29, 1.82) is 5.26 Å². The summed E-state index contributed by atoms with van der Waals surface area (Å²) in [6, 6.07) is 16.6. The second kappa shape index (κ2) is 10.9. The molecule has 144 valence electrons. The number of benzene rings is 2. The molecule has 27 heavy (non-hydrogen) atoms. The minimum Gasteiger partial charge on any atom is -0.357 e. The van der Waals surface area contributed by atoms with Crippen LogP contribution in [-0.4, -0.2) is 19.0 Å². The monoisotopic (exact) mass is 480 g/mol. The third-order valence-electron chi connectivity index (χ3n) is 4.18. The molecule has 0 spiro atoms. The predicted molar refractivity (Wildman–Crippen MR) is 119 cm³/mol. The van der Waals surface area contributed by atoms with Gasteiger partial charge < -0.3 is 10.6 Å². The molecular formula is C21H26FIN4. The van der Waals surface area contributed by atoms with E-state index in [0.717, 1.165) is 0 Å². The van der Waals surface area contributed by atoms with E-state index in [0.29, 0.717) is 30.2 Å². The van der Waals surface area contributed by atoms with E-state index >= 15 is 0 Å². The number of nitrogens with one attached hydrogen (secondary N) is 2. The Hall–Kier alpha value is -2.14. The minimum absolute atomic E-state index is 0. The molecule has 0 saturated heterocycles. The Balaban J connectivity index is 0.00000364. The Morgan fingerprint density at radius 2 is 1.85 bits per heavy atom. The molecule has 2 rings (SSSR count). The Morgan fingerprint density at radius 1 is 1.15 bits per heavy atom. The van der Waals surface area contributed by atoms with Crippen LogP contribution in [-0.2, 0) is 12.0 Å². The summed E-state index contributed by atoms with van der Waals surface area (Å²) in [6.07, 6.45) is 0. The van der Waals surface area contributed by atoms with E-state index in [4.69, 9.17) is 5.26 Å². The molecule has 6 heteroatoms. The van der Waals surface area contributed by atoms with Crippen LogP contribution in [0.3, 0.4) is 0 Å². The van der Waals surface area contributed by atoms with Gasteiger partial charge in [-0.2, -0.15) is 5.26 Å². The third-order valence-corrected chi connectivity index (χ3v) is 4.18. The zero-order valence-electron chi connectivity index (χ0n) is 15.9. The summed E-state index contributed by atoms with van der Waals surface area (Å²) in [5.41, 5.74) is 1.99. The molecule has 0 heterocycles. The average molecular weight is 480 g/mol. The Morgan fingerprint density at radius 3 is 2.48 bits per heavy atom. The summed E-state index contributed by atoms with van der Waals surface area (Å²) in [5, 5.41) is 15.5. The van der Waals surface area contributed by atoms with Gasteiger partial charge in [-0.15, -0.1) is 24.0 Å². The molecule has 0 bridgehead atoms. The normalized spacial score (nSPS) is 11.3. The maximum absolute atomic E-state index is 13.9. The summed E-state index contributed by atoms with van der Waals surface area (Å²) in [5.74, 6) is 0.270. The lowest BCUT2D eigenvalue weighted by Gasteiger charge is -2.26. The van der Waals surface area contributed by atoms with Crippen LogP contribution in [0.25, 0.3) is 0 Å². The first-order valence-electron chi connectivity index (χ1n) is 8.72. The van der Waals surface area contributed by atoms with Gasteiger partial charge in [-0.05, 0) is 30.7 Å². The van der Waals surface area contributed by atoms with E-state index in [9.17, 15) is 4.39 Å². The molecule has 2 aromatic carbocycles. The maximum atomic E-state index is 13.9. The van der Waals surface area contributed by atoms with Crippen molar-refractivity contribution >= 4 is 29.9 Å². The third kappa shape index (κ3) is 6.83. The smallest absolute Gasteiger partial charge is 0.191 e. The van der Waals surface area contributed by atoms with Crippen molar-refractivity contribution in [3.05, 3.63) is 71.0 Å². The molecule has 4 nitrogen and oxygen atoms in total. The van der Waals surface area contributed by atoms with Crippen molar-refractivity contribution in [3.63, 3.8) is 0 Å². The highest BCUT2D eigenvalue weighted by Crippen LogP contribution is 2.21. The van der Waals surface area contributed by atoms with Crippen molar-refractivity contribution in [2.45, 2.75) is 32.7 Å². The van der Waals surface area contributed by atoms with E-state index in [1.807, 2.05) is 31.2 Å². The van der Waals surface area contributed by atoms with Crippen LogP contribution in [0.5, 0.6) is 0 Å².